The van der Waals surface area contributed by atoms with Gasteiger partial charge in [-0.25, -0.2) is 23.6 Å². The molecule has 0 atom stereocenters. The standard InChI is InChI=1S/C40H31FO9/c1-24(2)37(42)47-22-21-46-31-16-10-28(11-17-31)9-15-30-23-34(49-39(44)26(5)6)33(35(41)36(30)50-40(45)27(7)8)20-14-29-12-18-32(19-13-29)48-38(43)25(3)4/h10-13,16-19,21-23H,1,3,5,7H2,2,4,6,8H3. The van der Waals surface area contributed by atoms with Crippen molar-refractivity contribution >= 4 is 23.9 Å². The van der Waals surface area contributed by atoms with Crippen LogP contribution in [-0.2, 0) is 23.9 Å². The van der Waals surface area contributed by atoms with Crippen LogP contribution in [0.1, 0.15) is 49.9 Å². The molecule has 10 heteroatoms. The van der Waals surface area contributed by atoms with Crippen molar-refractivity contribution in [1.82, 2.24) is 0 Å². The van der Waals surface area contributed by atoms with Crippen LogP contribution < -0.4 is 18.9 Å². The van der Waals surface area contributed by atoms with E-state index in [1.165, 1.54) is 64.3 Å². The van der Waals surface area contributed by atoms with Gasteiger partial charge in [0.1, 0.15) is 29.6 Å². The lowest BCUT2D eigenvalue weighted by atomic mass is 10.1. The minimum Gasteiger partial charge on any atom is -0.462 e. The molecule has 9 nitrogen and oxygen atoms in total. The highest BCUT2D eigenvalue weighted by Gasteiger charge is 2.23. The van der Waals surface area contributed by atoms with Crippen molar-refractivity contribution < 1.29 is 47.3 Å². The van der Waals surface area contributed by atoms with Crippen LogP contribution in [0.15, 0.2) is 116 Å². The minimum absolute atomic E-state index is 0.0137. The summed E-state index contributed by atoms with van der Waals surface area (Å²) in [7, 11) is 0. The van der Waals surface area contributed by atoms with E-state index in [9.17, 15) is 19.2 Å². The highest BCUT2D eigenvalue weighted by molar-refractivity contribution is 5.91. The molecule has 252 valence electrons. The van der Waals surface area contributed by atoms with E-state index >= 15 is 4.39 Å². The molecule has 0 saturated carbocycles. The average molecular weight is 675 g/mol. The van der Waals surface area contributed by atoms with Crippen molar-refractivity contribution in [3.8, 4) is 46.7 Å². The molecule has 0 spiro atoms. The van der Waals surface area contributed by atoms with Crippen molar-refractivity contribution in [2.75, 3.05) is 0 Å². The monoisotopic (exact) mass is 674 g/mol. The third kappa shape index (κ3) is 10.8. The maximum absolute atomic E-state index is 16.3. The normalized spacial score (nSPS) is 9.94. The second kappa shape index (κ2) is 17.3. The summed E-state index contributed by atoms with van der Waals surface area (Å²) in [5, 5.41) is 0. The Kier molecular flexibility index (Phi) is 13.0. The van der Waals surface area contributed by atoms with Crippen LogP contribution in [0.5, 0.6) is 23.0 Å². The van der Waals surface area contributed by atoms with Gasteiger partial charge in [-0.05, 0) is 76.2 Å². The van der Waals surface area contributed by atoms with Gasteiger partial charge in [-0.3, -0.25) is 0 Å². The zero-order chi connectivity index (χ0) is 37.0. The van der Waals surface area contributed by atoms with Gasteiger partial charge in [-0.15, -0.1) is 0 Å². The van der Waals surface area contributed by atoms with E-state index in [-0.39, 0.29) is 39.4 Å². The third-order valence-corrected chi connectivity index (χ3v) is 6.00. The first-order valence-electron chi connectivity index (χ1n) is 14.6. The van der Waals surface area contributed by atoms with Crippen molar-refractivity contribution in [1.29, 1.82) is 0 Å². The fourth-order valence-electron chi connectivity index (χ4n) is 3.35. The number of hydrogen-bond donors (Lipinski definition) is 0. The number of rotatable bonds is 10. The molecule has 0 fully saturated rings. The Morgan fingerprint density at radius 2 is 1.08 bits per heavy atom. The van der Waals surface area contributed by atoms with Gasteiger partial charge in [-0.1, -0.05) is 50.0 Å². The lowest BCUT2D eigenvalue weighted by Crippen LogP contribution is -2.14. The summed E-state index contributed by atoms with van der Waals surface area (Å²) in [4.78, 5) is 48.3. The van der Waals surface area contributed by atoms with Crippen LogP contribution in [0.2, 0.25) is 0 Å². The van der Waals surface area contributed by atoms with Gasteiger partial charge in [-0.2, -0.15) is 0 Å². The third-order valence-electron chi connectivity index (χ3n) is 6.00. The second-order valence-corrected chi connectivity index (χ2v) is 10.6. The quantitative estimate of drug-likeness (QED) is 0.0735. The Morgan fingerprint density at radius 1 is 0.600 bits per heavy atom. The Bertz CT molecular complexity index is 2060. The van der Waals surface area contributed by atoms with E-state index in [2.05, 4.69) is 50.0 Å². The van der Waals surface area contributed by atoms with Crippen molar-refractivity contribution in [2.45, 2.75) is 27.7 Å². The van der Waals surface area contributed by atoms with Gasteiger partial charge in [0.15, 0.2) is 17.3 Å². The summed E-state index contributed by atoms with van der Waals surface area (Å²) in [5.41, 5.74) is 0.752. The maximum Gasteiger partial charge on any atom is 0.338 e. The van der Waals surface area contributed by atoms with Gasteiger partial charge in [0, 0.05) is 39.5 Å². The SMILES string of the molecule is C=C(C)C(=O)OC=COc1ccc(C#Cc2cc(OC(=O)C(=C)C)c(C#Cc3ccc(OC(=O)C(=C)C)cc3)c(F)c2OC(=O)C(=C)C)cc1. The molecule has 0 N–H and O–H groups in total. The molecular formula is C40H31FO9. The molecule has 0 unspecified atom stereocenters. The lowest BCUT2D eigenvalue weighted by Gasteiger charge is -2.13. The minimum atomic E-state index is -1.13. The van der Waals surface area contributed by atoms with Gasteiger partial charge >= 0.3 is 23.9 Å². The predicted octanol–water partition coefficient (Wildman–Crippen LogP) is 7.04. The lowest BCUT2D eigenvalue weighted by molar-refractivity contribution is -0.134. The van der Waals surface area contributed by atoms with Crippen LogP contribution in [0.3, 0.4) is 0 Å². The van der Waals surface area contributed by atoms with Crippen molar-refractivity contribution in [3.63, 3.8) is 0 Å². The zero-order valence-corrected chi connectivity index (χ0v) is 27.7. The molecule has 0 heterocycles. The molecule has 0 aliphatic rings. The molecule has 0 aromatic heterocycles. The zero-order valence-electron chi connectivity index (χ0n) is 27.7. The summed E-state index contributed by atoms with van der Waals surface area (Å²) in [5.74, 6) is 6.62. The number of carbonyl (C=O) groups is 4. The van der Waals surface area contributed by atoms with E-state index < -0.39 is 41.0 Å². The van der Waals surface area contributed by atoms with E-state index in [4.69, 9.17) is 23.7 Å². The first-order valence-corrected chi connectivity index (χ1v) is 14.6. The van der Waals surface area contributed by atoms with E-state index in [1.807, 2.05) is 0 Å². The fraction of sp³-hybridized carbons (Fsp3) is 0.100. The Balaban J connectivity index is 2.04. The molecule has 0 bridgehead atoms. The summed E-state index contributed by atoms with van der Waals surface area (Å²) in [6.07, 6.45) is 2.24. The molecule has 3 aromatic carbocycles. The summed E-state index contributed by atoms with van der Waals surface area (Å²) in [6.45, 7) is 19.9. The molecule has 3 rings (SSSR count). The summed E-state index contributed by atoms with van der Waals surface area (Å²) in [6, 6.07) is 13.6. The van der Waals surface area contributed by atoms with Gasteiger partial charge in [0.05, 0.1) is 5.56 Å². The molecule has 0 aliphatic heterocycles. The number of halogens is 1. The van der Waals surface area contributed by atoms with Crippen molar-refractivity contribution in [2.24, 2.45) is 0 Å². The highest BCUT2D eigenvalue weighted by atomic mass is 19.1. The van der Waals surface area contributed by atoms with Crippen LogP contribution in [-0.4, -0.2) is 23.9 Å². The molecule has 3 aromatic rings. The number of hydrogen-bond acceptors (Lipinski definition) is 9. The summed E-state index contributed by atoms with van der Waals surface area (Å²) >= 11 is 0. The number of esters is 4. The predicted molar refractivity (Wildman–Crippen MR) is 183 cm³/mol. The van der Waals surface area contributed by atoms with Gasteiger partial charge in [0.25, 0.3) is 0 Å². The smallest absolute Gasteiger partial charge is 0.338 e. The Hall–Kier alpha value is -6.91. The largest absolute Gasteiger partial charge is 0.462 e. The molecule has 0 saturated heterocycles. The van der Waals surface area contributed by atoms with Crippen LogP contribution in [0.25, 0.3) is 0 Å². The van der Waals surface area contributed by atoms with Crippen LogP contribution in [0.4, 0.5) is 4.39 Å². The Labute approximate surface area is 289 Å². The maximum atomic E-state index is 16.3. The van der Waals surface area contributed by atoms with Crippen LogP contribution in [0, 0.1) is 29.5 Å². The van der Waals surface area contributed by atoms with Crippen LogP contribution >= 0.6 is 0 Å². The van der Waals surface area contributed by atoms with E-state index in [0.29, 0.717) is 16.9 Å². The van der Waals surface area contributed by atoms with Gasteiger partial charge < -0.3 is 23.7 Å². The van der Waals surface area contributed by atoms with Gasteiger partial charge in [0.2, 0.25) is 0 Å². The average Bonchev–Trinajstić information content (AvgIpc) is 3.07. The van der Waals surface area contributed by atoms with Crippen molar-refractivity contribution in [3.05, 3.63) is 144 Å². The number of carbonyl (C=O) groups excluding carboxylic acids is 4. The molecular weight excluding hydrogens is 643 g/mol. The summed E-state index contributed by atoms with van der Waals surface area (Å²) < 4.78 is 42.4. The fourth-order valence-corrected chi connectivity index (χ4v) is 3.35. The Morgan fingerprint density at radius 3 is 1.62 bits per heavy atom. The molecule has 0 radical (unpaired) electrons. The highest BCUT2D eigenvalue weighted by Crippen LogP contribution is 2.34. The first kappa shape index (κ1) is 37.5. The molecule has 0 aliphatic carbocycles. The van der Waals surface area contributed by atoms with E-state index in [0.717, 1.165) is 6.26 Å². The molecule has 0 amide bonds. The topological polar surface area (TPSA) is 114 Å². The number of benzene rings is 3. The number of ether oxygens (including phenoxy) is 5. The van der Waals surface area contributed by atoms with E-state index in [1.54, 1.807) is 24.3 Å². The first-order chi connectivity index (χ1) is 23.7. The second-order valence-electron chi connectivity index (χ2n) is 10.6. The molecule has 50 heavy (non-hydrogen) atoms.